The fourth-order valence-corrected chi connectivity index (χ4v) is 0. The summed E-state index contributed by atoms with van der Waals surface area (Å²) in [5, 5.41) is 0. The summed E-state index contributed by atoms with van der Waals surface area (Å²) in [6, 6.07) is 0. The third-order valence-electron chi connectivity index (χ3n) is 0. The van der Waals surface area contributed by atoms with Gasteiger partial charge in [-0.25, -0.2) is 0 Å². The van der Waals surface area contributed by atoms with E-state index in [4.69, 9.17) is 7.96 Å². The standard InChI is InChI=1S/2Al.Na.2O/q;;+1;;-1. The normalized spacial score (nSPS) is 1.60. The van der Waals surface area contributed by atoms with Crippen LogP contribution in [0.3, 0.4) is 0 Å². The molecule has 0 aliphatic rings. The zero-order valence-electron chi connectivity index (χ0n) is 2.97. The van der Waals surface area contributed by atoms with Gasteiger partial charge in [-0.3, -0.25) is 0 Å². The van der Waals surface area contributed by atoms with Gasteiger partial charge in [0, 0.05) is 17.4 Å². The van der Waals surface area contributed by atoms with Gasteiger partial charge in [0.05, 0.1) is 0 Å². The van der Waals surface area contributed by atoms with Gasteiger partial charge in [0.2, 0.25) is 0 Å². The van der Waals surface area contributed by atoms with E-state index in [1.54, 1.807) is 0 Å². The molecule has 3 radical (unpaired) electrons. The molecule has 0 spiro atoms. The first-order valence-corrected chi connectivity index (χ1v) is 1.41. The topological polar surface area (TPSA) is 40.1 Å². The molecular formula is Al2NaO2. The third kappa shape index (κ3) is 27.4. The van der Waals surface area contributed by atoms with E-state index in [9.17, 15) is 0 Å². The van der Waals surface area contributed by atoms with Crippen molar-refractivity contribution in [1.82, 2.24) is 0 Å². The molecule has 2 nitrogen and oxygen atoms in total. The number of rotatable bonds is 0. The molecule has 19 valence electrons. The Balaban J connectivity index is -0.0000000200. The first-order valence-electron chi connectivity index (χ1n) is 0.471. The maximum atomic E-state index is 8.46. The molecule has 0 aromatic heterocycles. The molecule has 0 saturated carbocycles. The Bertz CT molecular complexity index is 15.1. The second kappa shape index (κ2) is 17.4. The predicted molar refractivity (Wildman–Crippen MR) is 12.2 cm³/mol. The molecule has 0 atom stereocenters. The van der Waals surface area contributed by atoms with E-state index in [1.807, 2.05) is 0 Å². The summed E-state index contributed by atoms with van der Waals surface area (Å²) < 4.78 is 16.9. The van der Waals surface area contributed by atoms with E-state index in [0.717, 1.165) is 0 Å². The first kappa shape index (κ1) is 15.9. The molecule has 0 aromatic carbocycles. The van der Waals surface area contributed by atoms with Crippen LogP contribution in [0, 0.1) is 0 Å². The van der Waals surface area contributed by atoms with Crippen molar-refractivity contribution in [3.05, 3.63) is 0 Å². The van der Waals surface area contributed by atoms with Gasteiger partial charge in [0.1, 0.15) is 0 Å². The van der Waals surface area contributed by atoms with Crippen LogP contribution in [0.25, 0.3) is 0 Å². The molecule has 0 rings (SSSR count). The average Bonchev–Trinajstić information content (AvgIpc) is 0.918. The van der Waals surface area contributed by atoms with E-state index < -0.39 is 15.5 Å². The van der Waals surface area contributed by atoms with Gasteiger partial charge in [-0.1, -0.05) is 0 Å². The molecule has 5 heteroatoms. The van der Waals surface area contributed by atoms with Gasteiger partial charge in [-0.05, 0) is 0 Å². The van der Waals surface area contributed by atoms with Crippen LogP contribution in [0.5, 0.6) is 0 Å². The number of hydrogen-bond acceptors (Lipinski definition) is 2. The first-order chi connectivity index (χ1) is 1.41. The molecule has 0 unspecified atom stereocenters. The molecule has 0 saturated heterocycles. The summed E-state index contributed by atoms with van der Waals surface area (Å²) in [6.45, 7) is 0. The molecule has 0 aromatic rings. The van der Waals surface area contributed by atoms with Crippen molar-refractivity contribution in [1.29, 1.82) is 0 Å². The Morgan fingerprint density at radius 3 is 1.60 bits per heavy atom. The second-order valence-electron chi connectivity index (χ2n) is 0.0962. The van der Waals surface area contributed by atoms with Crippen molar-refractivity contribution in [2.24, 2.45) is 0 Å². The monoisotopic (exact) mass is 109 g/mol. The Morgan fingerprint density at radius 2 is 1.60 bits per heavy atom. The molecule has 0 heterocycles. The van der Waals surface area contributed by atoms with Crippen LogP contribution in [-0.4, -0.2) is 32.8 Å². The predicted octanol–water partition coefficient (Wildman–Crippen LogP) is -5.07. The van der Waals surface area contributed by atoms with Gasteiger partial charge in [0.25, 0.3) is 0 Å². The van der Waals surface area contributed by atoms with Crippen LogP contribution in [0.1, 0.15) is 0 Å². The SMILES string of the molecule is [Al].[Na+].[O]=[Al][O-]. The van der Waals surface area contributed by atoms with Crippen molar-refractivity contribution >= 4 is 32.8 Å². The van der Waals surface area contributed by atoms with Gasteiger partial charge >= 0.3 is 53.0 Å². The maximum absolute atomic E-state index is 8.46. The summed E-state index contributed by atoms with van der Waals surface area (Å²) >= 11 is -1.75. The van der Waals surface area contributed by atoms with Crippen molar-refractivity contribution in [3.63, 3.8) is 0 Å². The van der Waals surface area contributed by atoms with Crippen LogP contribution in [0.4, 0.5) is 0 Å². The number of hydrogen-bond donors (Lipinski definition) is 0. The Morgan fingerprint density at radius 1 is 1.60 bits per heavy atom. The molecule has 0 aliphatic carbocycles. The summed E-state index contributed by atoms with van der Waals surface area (Å²) in [5.41, 5.74) is 0. The van der Waals surface area contributed by atoms with Gasteiger partial charge in [0.15, 0.2) is 0 Å². The van der Waals surface area contributed by atoms with Crippen molar-refractivity contribution in [3.8, 4) is 0 Å². The molecule has 0 N–H and O–H groups in total. The molecule has 0 bridgehead atoms. The summed E-state index contributed by atoms with van der Waals surface area (Å²) in [5.74, 6) is 0. The van der Waals surface area contributed by atoms with E-state index in [2.05, 4.69) is 0 Å². The summed E-state index contributed by atoms with van der Waals surface area (Å²) in [7, 11) is 0. The zero-order chi connectivity index (χ0) is 2.71. The van der Waals surface area contributed by atoms with Crippen LogP contribution < -0.4 is 33.7 Å². The van der Waals surface area contributed by atoms with Crippen LogP contribution >= 0.6 is 0 Å². The van der Waals surface area contributed by atoms with E-state index >= 15 is 0 Å². The Hall–Kier alpha value is 1.66. The summed E-state index contributed by atoms with van der Waals surface area (Å²) in [6.07, 6.45) is 0. The Labute approximate surface area is 69.6 Å². The van der Waals surface area contributed by atoms with E-state index in [1.165, 1.54) is 0 Å². The fraction of sp³-hybridized carbons (Fsp3) is 0. The van der Waals surface area contributed by atoms with E-state index in [-0.39, 0.29) is 46.9 Å². The minimum absolute atomic E-state index is 0. The minimum atomic E-state index is -1.75. The molecule has 5 heavy (non-hydrogen) atoms. The van der Waals surface area contributed by atoms with Crippen LogP contribution in [-0.2, 0) is 3.80 Å². The van der Waals surface area contributed by atoms with Gasteiger partial charge in [-0.15, -0.1) is 0 Å². The second-order valence-corrected chi connectivity index (χ2v) is 0.289. The van der Waals surface area contributed by atoms with Crippen LogP contribution in [0.2, 0.25) is 0 Å². The van der Waals surface area contributed by atoms with Gasteiger partial charge < -0.3 is 0 Å². The quantitative estimate of drug-likeness (QED) is 0.292. The molecule has 0 aliphatic heterocycles. The van der Waals surface area contributed by atoms with Crippen molar-refractivity contribution in [2.45, 2.75) is 0 Å². The Kier molecular flexibility index (Phi) is 55.3. The van der Waals surface area contributed by atoms with E-state index in [0.29, 0.717) is 0 Å². The fourth-order valence-electron chi connectivity index (χ4n) is 0. The molecule has 0 fully saturated rings. The van der Waals surface area contributed by atoms with Crippen LogP contribution in [0.15, 0.2) is 0 Å². The summed E-state index contributed by atoms with van der Waals surface area (Å²) in [4.78, 5) is 0. The average molecular weight is 109 g/mol. The van der Waals surface area contributed by atoms with Crippen molar-refractivity contribution < 1.29 is 37.5 Å². The van der Waals surface area contributed by atoms with Gasteiger partial charge in [-0.2, -0.15) is 0 Å². The van der Waals surface area contributed by atoms with Crippen molar-refractivity contribution in [2.75, 3.05) is 0 Å². The molecule has 0 amide bonds. The third-order valence-corrected chi connectivity index (χ3v) is 0. The molecular weight excluding hydrogens is 109 g/mol. The zero-order valence-corrected chi connectivity index (χ0v) is 7.28.